The largest absolute Gasteiger partial charge is 0.301 e. The van der Waals surface area contributed by atoms with Crippen molar-refractivity contribution in [2.75, 3.05) is 5.32 Å². The summed E-state index contributed by atoms with van der Waals surface area (Å²) in [6.45, 7) is 0. The molecule has 25 heavy (non-hydrogen) atoms. The summed E-state index contributed by atoms with van der Waals surface area (Å²) in [4.78, 5) is 16.9. The number of nitrogens with one attached hydrogen (secondary N) is 1. The lowest BCUT2D eigenvalue weighted by molar-refractivity contribution is -0.118. The van der Waals surface area contributed by atoms with E-state index in [2.05, 4.69) is 10.3 Å². The molecule has 0 aliphatic heterocycles. The molecule has 8 heteroatoms. The lowest BCUT2D eigenvalue weighted by Gasteiger charge is -2.20. The molecule has 0 unspecified atom stereocenters. The van der Waals surface area contributed by atoms with E-state index in [1.807, 2.05) is 5.38 Å². The van der Waals surface area contributed by atoms with Gasteiger partial charge in [-0.3, -0.25) is 4.79 Å². The summed E-state index contributed by atoms with van der Waals surface area (Å²) < 4.78 is 22.8. The van der Waals surface area contributed by atoms with E-state index in [0.29, 0.717) is 11.0 Å². The third kappa shape index (κ3) is 4.80. The molecule has 1 atom stereocenters. The minimum absolute atomic E-state index is 0.0397. The number of carbonyl (C=O) groups is 1. The zero-order valence-corrected chi connectivity index (χ0v) is 15.9. The van der Waals surface area contributed by atoms with Crippen LogP contribution in [-0.4, -0.2) is 19.3 Å². The Bertz CT molecular complexity index is 814. The summed E-state index contributed by atoms with van der Waals surface area (Å²) >= 11 is 1.37. The molecule has 5 nitrogen and oxygen atoms in total. The van der Waals surface area contributed by atoms with Gasteiger partial charge in [0.1, 0.15) is 0 Å². The molecule has 0 saturated heterocycles. The van der Waals surface area contributed by atoms with Gasteiger partial charge >= 0.3 is 0 Å². The topological polar surface area (TPSA) is 76.1 Å². The van der Waals surface area contributed by atoms with Gasteiger partial charge in [0.05, 0.1) is 10.8 Å². The van der Waals surface area contributed by atoms with E-state index in [4.69, 9.17) is 10.7 Å². The van der Waals surface area contributed by atoms with E-state index >= 15 is 0 Å². The van der Waals surface area contributed by atoms with Crippen LogP contribution >= 0.6 is 22.0 Å². The van der Waals surface area contributed by atoms with Crippen LogP contribution in [-0.2, 0) is 13.8 Å². The fourth-order valence-corrected chi connectivity index (χ4v) is 4.62. The maximum absolute atomic E-state index is 12.8. The molecule has 0 spiro atoms. The number of benzene rings is 1. The highest BCUT2D eigenvalue weighted by atomic mass is 35.7. The first kappa shape index (κ1) is 18.4. The standard InChI is InChI=1S/C17H19ClN2O3S2/c18-25(22,23)14-7-5-13(6-8-14)15(11-12-3-1-2-4-12)16(21)20-17-19-9-10-24-17/h5-10,12,15H,1-4,11H2,(H,19,20,21)/t15-/m1/s1. The van der Waals surface area contributed by atoms with Crippen molar-refractivity contribution in [3.05, 3.63) is 41.4 Å². The summed E-state index contributed by atoms with van der Waals surface area (Å²) in [5, 5.41) is 5.24. The molecule has 1 N–H and O–H groups in total. The van der Waals surface area contributed by atoms with Crippen molar-refractivity contribution in [1.82, 2.24) is 4.98 Å². The van der Waals surface area contributed by atoms with Gasteiger partial charge in [0.25, 0.3) is 9.05 Å². The van der Waals surface area contributed by atoms with Crippen molar-refractivity contribution in [2.24, 2.45) is 5.92 Å². The number of aromatic nitrogens is 1. The van der Waals surface area contributed by atoms with Gasteiger partial charge in [0.2, 0.25) is 5.91 Å². The molecular weight excluding hydrogens is 380 g/mol. The van der Waals surface area contributed by atoms with Gasteiger partial charge in [0.15, 0.2) is 5.13 Å². The third-order valence-electron chi connectivity index (χ3n) is 4.59. The van der Waals surface area contributed by atoms with Crippen molar-refractivity contribution in [1.29, 1.82) is 0 Å². The first-order valence-electron chi connectivity index (χ1n) is 8.18. The Hall–Kier alpha value is -1.44. The number of amides is 1. The lowest BCUT2D eigenvalue weighted by atomic mass is 9.87. The van der Waals surface area contributed by atoms with Gasteiger partial charge in [-0.2, -0.15) is 0 Å². The third-order valence-corrected chi connectivity index (χ3v) is 6.65. The molecule has 2 aromatic rings. The molecule has 3 rings (SSSR count). The molecule has 1 saturated carbocycles. The van der Waals surface area contributed by atoms with Crippen LogP contribution in [0.15, 0.2) is 40.7 Å². The van der Waals surface area contributed by atoms with Crippen molar-refractivity contribution in [2.45, 2.75) is 42.9 Å². The summed E-state index contributed by atoms with van der Waals surface area (Å²) in [5.41, 5.74) is 0.796. The van der Waals surface area contributed by atoms with Crippen LogP contribution in [0.3, 0.4) is 0 Å². The monoisotopic (exact) mass is 398 g/mol. The number of hydrogen-bond donors (Lipinski definition) is 1. The van der Waals surface area contributed by atoms with E-state index in [0.717, 1.165) is 24.8 Å². The van der Waals surface area contributed by atoms with Crippen molar-refractivity contribution in [3.8, 4) is 0 Å². The summed E-state index contributed by atoms with van der Waals surface area (Å²) in [6.07, 6.45) is 7.07. The minimum atomic E-state index is -3.77. The van der Waals surface area contributed by atoms with E-state index in [1.165, 1.54) is 36.3 Å². The lowest BCUT2D eigenvalue weighted by Crippen LogP contribution is -2.23. The fourth-order valence-electron chi connectivity index (χ4n) is 3.31. The molecule has 1 fully saturated rings. The van der Waals surface area contributed by atoms with Crippen LogP contribution in [0.2, 0.25) is 0 Å². The number of anilines is 1. The predicted molar refractivity (Wildman–Crippen MR) is 99.5 cm³/mol. The van der Waals surface area contributed by atoms with Crippen molar-refractivity contribution < 1.29 is 13.2 Å². The molecule has 1 heterocycles. The Morgan fingerprint density at radius 1 is 1.28 bits per heavy atom. The molecule has 0 bridgehead atoms. The SMILES string of the molecule is O=C(Nc1nccs1)[C@H](CC1CCCC1)c1ccc(S(=O)(=O)Cl)cc1. The quantitative estimate of drug-likeness (QED) is 0.733. The van der Waals surface area contributed by atoms with E-state index < -0.39 is 9.05 Å². The first-order chi connectivity index (χ1) is 11.9. The van der Waals surface area contributed by atoms with Gasteiger partial charge in [-0.05, 0) is 30.0 Å². The molecule has 1 aromatic heterocycles. The Labute approximate surface area is 155 Å². The number of nitrogens with zero attached hydrogens (tertiary/aromatic N) is 1. The smallest absolute Gasteiger partial charge is 0.261 e. The van der Waals surface area contributed by atoms with Crippen LogP contribution in [0, 0.1) is 5.92 Å². The van der Waals surface area contributed by atoms with Crippen LogP contribution in [0.4, 0.5) is 5.13 Å². The minimum Gasteiger partial charge on any atom is -0.301 e. The highest BCUT2D eigenvalue weighted by molar-refractivity contribution is 8.13. The number of rotatable bonds is 6. The summed E-state index contributed by atoms with van der Waals surface area (Å²) in [6, 6.07) is 6.26. The molecule has 0 radical (unpaired) electrons. The van der Waals surface area contributed by atoms with E-state index in [9.17, 15) is 13.2 Å². The van der Waals surface area contributed by atoms with Gasteiger partial charge in [-0.15, -0.1) is 11.3 Å². The molecular formula is C17H19ClN2O3S2. The average Bonchev–Trinajstić information content (AvgIpc) is 3.25. The molecule has 1 aliphatic rings. The van der Waals surface area contributed by atoms with Crippen molar-refractivity contribution >= 4 is 42.1 Å². The maximum atomic E-state index is 12.8. The first-order valence-corrected chi connectivity index (χ1v) is 11.4. The summed E-state index contributed by atoms with van der Waals surface area (Å²) in [7, 11) is 1.61. The Kier molecular flexibility index (Phi) is 5.76. The summed E-state index contributed by atoms with van der Waals surface area (Å²) in [5.74, 6) is 0.0749. The number of carbonyl (C=O) groups excluding carboxylic acids is 1. The number of thiazole rings is 1. The van der Waals surface area contributed by atoms with Crippen LogP contribution in [0.1, 0.15) is 43.6 Å². The molecule has 1 amide bonds. The highest BCUT2D eigenvalue weighted by Gasteiger charge is 2.27. The zero-order chi connectivity index (χ0) is 17.9. The maximum Gasteiger partial charge on any atom is 0.261 e. The highest BCUT2D eigenvalue weighted by Crippen LogP contribution is 2.35. The van der Waals surface area contributed by atoms with Gasteiger partial charge < -0.3 is 5.32 Å². The van der Waals surface area contributed by atoms with Gasteiger partial charge in [-0.1, -0.05) is 37.8 Å². The molecule has 134 valence electrons. The van der Waals surface area contributed by atoms with Crippen LogP contribution in [0.5, 0.6) is 0 Å². The van der Waals surface area contributed by atoms with Crippen LogP contribution < -0.4 is 5.32 Å². The van der Waals surface area contributed by atoms with Crippen LogP contribution in [0.25, 0.3) is 0 Å². The van der Waals surface area contributed by atoms with E-state index in [-0.39, 0.29) is 16.7 Å². The van der Waals surface area contributed by atoms with Gasteiger partial charge in [0, 0.05) is 22.3 Å². The molecule has 1 aromatic carbocycles. The van der Waals surface area contributed by atoms with Gasteiger partial charge in [-0.25, -0.2) is 13.4 Å². The Morgan fingerprint density at radius 3 is 2.52 bits per heavy atom. The second-order valence-electron chi connectivity index (χ2n) is 6.27. The van der Waals surface area contributed by atoms with E-state index in [1.54, 1.807) is 18.3 Å². The zero-order valence-electron chi connectivity index (χ0n) is 13.5. The average molecular weight is 399 g/mol. The predicted octanol–water partition coefficient (Wildman–Crippen LogP) is 4.37. The van der Waals surface area contributed by atoms with Crippen molar-refractivity contribution in [3.63, 3.8) is 0 Å². The second-order valence-corrected chi connectivity index (χ2v) is 9.73. The fraction of sp³-hybridized carbons (Fsp3) is 0.412. The Balaban J connectivity index is 1.83. The number of halogens is 1. The second kappa shape index (κ2) is 7.85. The molecule has 1 aliphatic carbocycles. The number of hydrogen-bond acceptors (Lipinski definition) is 5. The normalized spacial score (nSPS) is 16.7. The Morgan fingerprint density at radius 2 is 1.96 bits per heavy atom.